The molecule has 2 rings (SSSR count). The summed E-state index contributed by atoms with van der Waals surface area (Å²) < 4.78 is 5.15. The van der Waals surface area contributed by atoms with E-state index in [-0.39, 0.29) is 49.8 Å². The van der Waals surface area contributed by atoms with Crippen molar-refractivity contribution in [1.29, 1.82) is 0 Å². The third-order valence-corrected chi connectivity index (χ3v) is 4.54. The molecular formula is C17H25N3O5. The number of imide groups is 1. The van der Waals surface area contributed by atoms with Crippen molar-refractivity contribution in [2.24, 2.45) is 5.92 Å². The van der Waals surface area contributed by atoms with E-state index in [2.05, 4.69) is 10.6 Å². The smallest absolute Gasteiger partial charge is 0.325 e. The van der Waals surface area contributed by atoms with Gasteiger partial charge in [-0.1, -0.05) is 20.3 Å². The fourth-order valence-electron chi connectivity index (χ4n) is 2.69. The number of nitrogens with one attached hydrogen (secondary N) is 2. The molecule has 2 heterocycles. The molecule has 8 nitrogen and oxygen atoms in total. The number of hydrogen-bond acceptors (Lipinski definition) is 5. The van der Waals surface area contributed by atoms with Crippen LogP contribution in [0.2, 0.25) is 0 Å². The van der Waals surface area contributed by atoms with Crippen molar-refractivity contribution in [3.8, 4) is 0 Å². The van der Waals surface area contributed by atoms with E-state index in [0.29, 0.717) is 5.76 Å². The Bertz CT molecular complexity index is 601. The van der Waals surface area contributed by atoms with Crippen molar-refractivity contribution in [3.05, 3.63) is 24.2 Å². The summed E-state index contributed by atoms with van der Waals surface area (Å²) in [7, 11) is 0. The minimum absolute atomic E-state index is 0.0704. The van der Waals surface area contributed by atoms with Crippen LogP contribution in [-0.2, 0) is 16.1 Å². The minimum Gasteiger partial charge on any atom is -0.467 e. The van der Waals surface area contributed by atoms with Crippen molar-refractivity contribution in [3.63, 3.8) is 0 Å². The molecule has 4 amide bonds. The second kappa shape index (κ2) is 8.66. The predicted molar refractivity (Wildman–Crippen MR) is 89.3 cm³/mol. The molecule has 0 aromatic carbocycles. The number of nitrogens with zero attached hydrogens (tertiary/aromatic N) is 1. The summed E-state index contributed by atoms with van der Waals surface area (Å²) in [6.45, 7) is 3.88. The molecule has 0 bridgehead atoms. The lowest BCUT2D eigenvalue weighted by molar-refractivity contribution is -0.128. The second-order valence-electron chi connectivity index (χ2n) is 6.29. The fourth-order valence-corrected chi connectivity index (χ4v) is 2.69. The number of hydrogen-bond donors (Lipinski definition) is 3. The minimum atomic E-state index is -0.718. The molecule has 3 N–H and O–H groups in total. The van der Waals surface area contributed by atoms with Crippen LogP contribution in [0.3, 0.4) is 0 Å². The van der Waals surface area contributed by atoms with Crippen LogP contribution in [-0.4, -0.2) is 46.5 Å². The van der Waals surface area contributed by atoms with Gasteiger partial charge in [-0.2, -0.15) is 0 Å². The van der Waals surface area contributed by atoms with Gasteiger partial charge in [0.2, 0.25) is 5.91 Å². The number of rotatable bonds is 9. The molecule has 1 aromatic heterocycles. The van der Waals surface area contributed by atoms with Gasteiger partial charge in [0.25, 0.3) is 5.91 Å². The highest BCUT2D eigenvalue weighted by atomic mass is 16.3. The van der Waals surface area contributed by atoms with Gasteiger partial charge in [-0.05, 0) is 24.5 Å². The third-order valence-electron chi connectivity index (χ3n) is 4.54. The molecule has 0 spiro atoms. The molecule has 3 atom stereocenters. The monoisotopic (exact) mass is 351 g/mol. The molecule has 0 unspecified atom stereocenters. The van der Waals surface area contributed by atoms with Crippen LogP contribution in [0, 0.1) is 5.92 Å². The molecule has 1 aliphatic rings. The average molecular weight is 351 g/mol. The van der Waals surface area contributed by atoms with Gasteiger partial charge in [0.15, 0.2) is 0 Å². The quantitative estimate of drug-likeness (QED) is 0.575. The van der Waals surface area contributed by atoms with Gasteiger partial charge in [0, 0.05) is 6.42 Å². The first-order valence-electron chi connectivity index (χ1n) is 8.50. The zero-order valence-corrected chi connectivity index (χ0v) is 14.5. The van der Waals surface area contributed by atoms with Gasteiger partial charge in [-0.25, -0.2) is 4.79 Å². The van der Waals surface area contributed by atoms with Crippen LogP contribution in [0.5, 0.6) is 0 Å². The second-order valence-corrected chi connectivity index (χ2v) is 6.29. The number of urea groups is 1. The van der Waals surface area contributed by atoms with Crippen molar-refractivity contribution in [1.82, 2.24) is 15.5 Å². The molecule has 25 heavy (non-hydrogen) atoms. The predicted octanol–water partition coefficient (Wildman–Crippen LogP) is 1.00. The van der Waals surface area contributed by atoms with Crippen LogP contribution in [0.4, 0.5) is 4.79 Å². The fraction of sp³-hybridized carbons (Fsp3) is 0.588. The molecule has 1 aromatic rings. The molecular weight excluding hydrogens is 326 g/mol. The summed E-state index contributed by atoms with van der Waals surface area (Å²) in [5.41, 5.74) is 0. The molecule has 0 saturated carbocycles. The highest BCUT2D eigenvalue weighted by Crippen LogP contribution is 2.15. The number of furan rings is 1. The molecule has 8 heteroatoms. The Morgan fingerprint density at radius 2 is 2.24 bits per heavy atom. The van der Waals surface area contributed by atoms with E-state index in [1.54, 1.807) is 12.1 Å². The Kier molecular flexibility index (Phi) is 6.58. The first kappa shape index (κ1) is 19.0. The number of aliphatic hydroxyl groups is 1. The first-order valence-corrected chi connectivity index (χ1v) is 8.50. The summed E-state index contributed by atoms with van der Waals surface area (Å²) in [5, 5.41) is 14.7. The van der Waals surface area contributed by atoms with E-state index >= 15 is 0 Å². The highest BCUT2D eigenvalue weighted by molar-refractivity contribution is 6.04. The van der Waals surface area contributed by atoms with Gasteiger partial charge in [-0.3, -0.25) is 14.5 Å². The Morgan fingerprint density at radius 3 is 2.84 bits per heavy atom. The summed E-state index contributed by atoms with van der Waals surface area (Å²) >= 11 is 0. The summed E-state index contributed by atoms with van der Waals surface area (Å²) in [6.07, 6.45) is 2.62. The van der Waals surface area contributed by atoms with Crippen molar-refractivity contribution < 1.29 is 23.9 Å². The lowest BCUT2D eigenvalue weighted by atomic mass is 9.99. The standard InChI is InChI=1S/C17H25N3O5/c1-3-11(2)14(10-21)18-15(22)7-6-13-16(23)20(17(24)19-13)9-12-5-4-8-25-12/h4-5,8,11,13-14,21H,3,6-7,9-10H2,1-2H3,(H,18,22)(H,19,24)/t11-,13+,14+/m0/s1. The topological polar surface area (TPSA) is 112 Å². The maximum absolute atomic E-state index is 12.3. The molecule has 1 aliphatic heterocycles. The zero-order valence-electron chi connectivity index (χ0n) is 14.5. The van der Waals surface area contributed by atoms with Crippen LogP contribution in [0.25, 0.3) is 0 Å². The lowest BCUT2D eigenvalue weighted by Crippen LogP contribution is -2.42. The average Bonchev–Trinajstić information content (AvgIpc) is 3.21. The molecule has 1 fully saturated rings. The van der Waals surface area contributed by atoms with E-state index in [1.807, 2.05) is 13.8 Å². The van der Waals surface area contributed by atoms with Gasteiger partial charge >= 0.3 is 6.03 Å². The maximum Gasteiger partial charge on any atom is 0.325 e. The van der Waals surface area contributed by atoms with E-state index < -0.39 is 12.1 Å². The van der Waals surface area contributed by atoms with Crippen LogP contribution in [0.15, 0.2) is 22.8 Å². The zero-order chi connectivity index (χ0) is 18.4. The van der Waals surface area contributed by atoms with Crippen molar-refractivity contribution in [2.45, 2.75) is 51.7 Å². The Morgan fingerprint density at radius 1 is 1.48 bits per heavy atom. The van der Waals surface area contributed by atoms with Gasteiger partial charge in [0.05, 0.1) is 25.5 Å². The van der Waals surface area contributed by atoms with Gasteiger partial charge in [0.1, 0.15) is 11.8 Å². The number of carbonyl (C=O) groups excluding carboxylic acids is 3. The van der Waals surface area contributed by atoms with Crippen molar-refractivity contribution >= 4 is 17.8 Å². The van der Waals surface area contributed by atoms with E-state index in [4.69, 9.17) is 4.42 Å². The summed E-state index contributed by atoms with van der Waals surface area (Å²) in [4.78, 5) is 37.4. The normalized spacial score (nSPS) is 19.6. The van der Waals surface area contributed by atoms with Crippen LogP contribution < -0.4 is 10.6 Å². The van der Waals surface area contributed by atoms with Gasteiger partial charge < -0.3 is 20.2 Å². The van der Waals surface area contributed by atoms with Crippen LogP contribution in [0.1, 0.15) is 38.9 Å². The Hall–Kier alpha value is -2.35. The first-order chi connectivity index (χ1) is 12.0. The molecule has 138 valence electrons. The number of carbonyl (C=O) groups is 3. The maximum atomic E-state index is 12.3. The number of aliphatic hydroxyl groups excluding tert-OH is 1. The number of amides is 4. The highest BCUT2D eigenvalue weighted by Gasteiger charge is 2.38. The van der Waals surface area contributed by atoms with Crippen molar-refractivity contribution in [2.75, 3.05) is 6.61 Å². The Balaban J connectivity index is 1.83. The summed E-state index contributed by atoms with van der Waals surface area (Å²) in [6, 6.07) is 1.86. The summed E-state index contributed by atoms with van der Waals surface area (Å²) in [5.74, 6) is 0.0625. The third kappa shape index (κ3) is 4.82. The van der Waals surface area contributed by atoms with E-state index in [1.165, 1.54) is 6.26 Å². The largest absolute Gasteiger partial charge is 0.467 e. The molecule has 1 saturated heterocycles. The molecule has 0 radical (unpaired) electrons. The SMILES string of the molecule is CC[C@H](C)[C@@H](CO)NC(=O)CC[C@H]1NC(=O)N(Cc2ccco2)C1=O. The van der Waals surface area contributed by atoms with Crippen LogP contribution >= 0.6 is 0 Å². The lowest BCUT2D eigenvalue weighted by Gasteiger charge is -2.22. The van der Waals surface area contributed by atoms with E-state index in [0.717, 1.165) is 11.3 Å². The van der Waals surface area contributed by atoms with E-state index in [9.17, 15) is 19.5 Å². The molecule has 0 aliphatic carbocycles. The Labute approximate surface area is 146 Å². The van der Waals surface area contributed by atoms with Gasteiger partial charge in [-0.15, -0.1) is 0 Å².